The van der Waals surface area contributed by atoms with Crippen molar-refractivity contribution in [3.05, 3.63) is 87.3 Å². The third-order valence-electron chi connectivity index (χ3n) is 5.20. The van der Waals surface area contributed by atoms with E-state index in [1.54, 1.807) is 36.6 Å². The van der Waals surface area contributed by atoms with Crippen LogP contribution >= 0.6 is 12.2 Å². The molecule has 1 atom stereocenters. The monoisotopic (exact) mass is 449 g/mol. The number of aromatic amines is 1. The molecular weight excluding hydrogens is 430 g/mol. The van der Waals surface area contributed by atoms with E-state index in [1.165, 1.54) is 4.57 Å². The molecule has 0 aliphatic carbocycles. The van der Waals surface area contributed by atoms with Gasteiger partial charge in [0.05, 0.1) is 30.3 Å². The Hall–Kier alpha value is -3.85. The molecule has 0 unspecified atom stereocenters. The van der Waals surface area contributed by atoms with Gasteiger partial charge < -0.3 is 24.2 Å². The summed E-state index contributed by atoms with van der Waals surface area (Å²) in [7, 11) is 0. The lowest BCUT2D eigenvalue weighted by Gasteiger charge is -2.26. The number of para-hydroxylation sites is 2. The first-order valence-electron chi connectivity index (χ1n) is 10.0. The number of fused-ring (bicyclic) bond motifs is 2. The second-order valence-corrected chi connectivity index (χ2v) is 7.76. The first-order valence-corrected chi connectivity index (χ1v) is 10.5. The minimum Gasteiger partial charge on any atom is -0.486 e. The largest absolute Gasteiger partial charge is 0.486 e. The third-order valence-corrected chi connectivity index (χ3v) is 5.52. The van der Waals surface area contributed by atoms with E-state index in [0.29, 0.717) is 40.3 Å². The van der Waals surface area contributed by atoms with Crippen molar-refractivity contribution < 1.29 is 18.7 Å². The Labute approximate surface area is 187 Å². The Kier molecular flexibility index (Phi) is 5.24. The normalized spacial score (nSPS) is 14.9. The minimum atomic E-state index is -0.297. The topological polar surface area (TPSA) is 98.5 Å². The van der Waals surface area contributed by atoms with Crippen LogP contribution in [0.2, 0.25) is 0 Å². The van der Waals surface area contributed by atoms with Crippen molar-refractivity contribution in [1.29, 1.82) is 0 Å². The number of rotatable bonds is 5. The van der Waals surface area contributed by atoms with Crippen LogP contribution in [0.15, 0.2) is 70.1 Å². The van der Waals surface area contributed by atoms with E-state index >= 15 is 0 Å². The SMILES string of the molecule is O=C(NC[C@H]1COc2ccccc2O1)c1ccc2c(=O)n(Cc3ccco3)c(=S)[nH]c2c1. The fourth-order valence-corrected chi connectivity index (χ4v) is 3.83. The van der Waals surface area contributed by atoms with Crippen molar-refractivity contribution in [2.75, 3.05) is 13.2 Å². The molecule has 1 aliphatic rings. The van der Waals surface area contributed by atoms with E-state index in [1.807, 2.05) is 24.3 Å². The van der Waals surface area contributed by atoms with E-state index in [9.17, 15) is 9.59 Å². The zero-order valence-electron chi connectivity index (χ0n) is 16.9. The van der Waals surface area contributed by atoms with Gasteiger partial charge in [-0.3, -0.25) is 14.2 Å². The van der Waals surface area contributed by atoms with E-state index < -0.39 is 0 Å². The molecule has 1 amide bonds. The van der Waals surface area contributed by atoms with Crippen LogP contribution in [0.1, 0.15) is 16.1 Å². The number of nitrogens with zero attached hydrogens (tertiary/aromatic N) is 1. The molecule has 2 aromatic carbocycles. The predicted octanol–water partition coefficient (Wildman–Crippen LogP) is 3.27. The summed E-state index contributed by atoms with van der Waals surface area (Å²) in [6.07, 6.45) is 1.25. The molecule has 5 rings (SSSR count). The number of ether oxygens (including phenoxy) is 2. The lowest BCUT2D eigenvalue weighted by Crippen LogP contribution is -2.40. The summed E-state index contributed by atoms with van der Waals surface area (Å²) >= 11 is 5.35. The van der Waals surface area contributed by atoms with Gasteiger partial charge in [0.25, 0.3) is 11.5 Å². The number of nitrogens with one attached hydrogen (secondary N) is 2. The number of carbonyl (C=O) groups is 1. The summed E-state index contributed by atoms with van der Waals surface area (Å²) in [4.78, 5) is 28.6. The molecule has 1 aliphatic heterocycles. The van der Waals surface area contributed by atoms with Crippen molar-refractivity contribution >= 4 is 29.0 Å². The van der Waals surface area contributed by atoms with Gasteiger partial charge in [0.1, 0.15) is 18.5 Å². The minimum absolute atomic E-state index is 0.228. The van der Waals surface area contributed by atoms with Gasteiger partial charge in [0, 0.05) is 5.56 Å². The van der Waals surface area contributed by atoms with Gasteiger partial charge in [-0.1, -0.05) is 12.1 Å². The van der Waals surface area contributed by atoms with E-state index in [4.69, 9.17) is 26.1 Å². The number of H-pyrrole nitrogens is 1. The highest BCUT2D eigenvalue weighted by Gasteiger charge is 2.21. The third kappa shape index (κ3) is 3.90. The zero-order valence-corrected chi connectivity index (χ0v) is 17.7. The molecule has 0 saturated carbocycles. The molecule has 0 saturated heterocycles. The first-order chi connectivity index (χ1) is 15.6. The maximum atomic E-state index is 12.9. The molecular formula is C23H19N3O5S. The Bertz CT molecular complexity index is 1410. The summed E-state index contributed by atoms with van der Waals surface area (Å²) in [5, 5.41) is 3.29. The molecule has 0 radical (unpaired) electrons. The highest BCUT2D eigenvalue weighted by atomic mass is 32.1. The quantitative estimate of drug-likeness (QED) is 0.454. The summed E-state index contributed by atoms with van der Waals surface area (Å²) < 4.78 is 18.5. The molecule has 162 valence electrons. The smallest absolute Gasteiger partial charge is 0.262 e. The van der Waals surface area contributed by atoms with Gasteiger partial charge in [-0.2, -0.15) is 0 Å². The van der Waals surface area contributed by atoms with Crippen LogP contribution in [0, 0.1) is 4.77 Å². The zero-order chi connectivity index (χ0) is 22.1. The van der Waals surface area contributed by atoms with Gasteiger partial charge in [0.15, 0.2) is 16.3 Å². The standard InChI is InChI=1S/C23H19N3O5S/c27-21(24-11-16-13-30-19-5-1-2-6-20(19)31-16)14-7-8-17-18(10-14)25-23(32)26(22(17)28)12-15-4-3-9-29-15/h1-10,16H,11-13H2,(H,24,27)(H,25,32)/t16-/m0/s1. The first kappa shape index (κ1) is 20.1. The predicted molar refractivity (Wildman–Crippen MR) is 120 cm³/mol. The molecule has 2 aromatic heterocycles. The Balaban J connectivity index is 1.32. The summed E-state index contributed by atoms with van der Waals surface area (Å²) in [5.41, 5.74) is 0.650. The molecule has 0 bridgehead atoms. The summed E-state index contributed by atoms with van der Waals surface area (Å²) in [5.74, 6) is 1.69. The Morgan fingerprint density at radius 2 is 2.00 bits per heavy atom. The lowest BCUT2D eigenvalue weighted by molar-refractivity contribution is 0.0789. The number of furan rings is 1. The van der Waals surface area contributed by atoms with Crippen LogP contribution in [-0.4, -0.2) is 34.7 Å². The van der Waals surface area contributed by atoms with E-state index in [-0.39, 0.29) is 35.4 Å². The molecule has 4 aromatic rings. The molecule has 2 N–H and O–H groups in total. The second kappa shape index (κ2) is 8.35. The average Bonchev–Trinajstić information content (AvgIpc) is 3.33. The number of benzene rings is 2. The molecule has 0 fully saturated rings. The maximum Gasteiger partial charge on any atom is 0.262 e. The highest BCUT2D eigenvalue weighted by Crippen LogP contribution is 2.30. The van der Waals surface area contributed by atoms with E-state index in [0.717, 1.165) is 0 Å². The fraction of sp³-hybridized carbons (Fsp3) is 0.174. The van der Waals surface area contributed by atoms with E-state index in [2.05, 4.69) is 10.3 Å². The van der Waals surface area contributed by atoms with Crippen LogP contribution in [0.5, 0.6) is 11.5 Å². The molecule has 0 spiro atoms. The lowest BCUT2D eigenvalue weighted by atomic mass is 10.1. The number of hydrogen-bond acceptors (Lipinski definition) is 6. The molecule has 9 heteroatoms. The highest BCUT2D eigenvalue weighted by molar-refractivity contribution is 7.71. The number of amides is 1. The van der Waals surface area contributed by atoms with Crippen molar-refractivity contribution in [3.8, 4) is 11.5 Å². The van der Waals surface area contributed by atoms with Crippen LogP contribution in [-0.2, 0) is 6.54 Å². The summed E-state index contributed by atoms with van der Waals surface area (Å²) in [6.45, 7) is 0.856. The Morgan fingerprint density at radius 3 is 2.81 bits per heavy atom. The van der Waals surface area contributed by atoms with Crippen molar-refractivity contribution in [2.45, 2.75) is 12.6 Å². The molecule has 32 heavy (non-hydrogen) atoms. The average molecular weight is 449 g/mol. The molecule has 8 nitrogen and oxygen atoms in total. The number of aromatic nitrogens is 2. The fourth-order valence-electron chi connectivity index (χ4n) is 3.57. The van der Waals surface area contributed by atoms with Gasteiger partial charge in [0.2, 0.25) is 0 Å². The van der Waals surface area contributed by atoms with Crippen LogP contribution < -0.4 is 20.3 Å². The summed E-state index contributed by atoms with van der Waals surface area (Å²) in [6, 6.07) is 15.8. The number of carbonyl (C=O) groups excluding carboxylic acids is 1. The Morgan fingerprint density at radius 1 is 1.16 bits per heavy atom. The van der Waals surface area contributed by atoms with Gasteiger partial charge in [-0.15, -0.1) is 0 Å². The van der Waals surface area contributed by atoms with Crippen molar-refractivity contribution in [2.24, 2.45) is 0 Å². The van der Waals surface area contributed by atoms with Crippen LogP contribution in [0.3, 0.4) is 0 Å². The van der Waals surface area contributed by atoms with Crippen molar-refractivity contribution in [3.63, 3.8) is 0 Å². The van der Waals surface area contributed by atoms with Crippen LogP contribution in [0.4, 0.5) is 0 Å². The molecule has 3 heterocycles. The van der Waals surface area contributed by atoms with Gasteiger partial charge in [-0.25, -0.2) is 0 Å². The number of hydrogen-bond donors (Lipinski definition) is 2. The second-order valence-electron chi connectivity index (χ2n) is 7.37. The van der Waals surface area contributed by atoms with Gasteiger partial charge in [-0.05, 0) is 54.7 Å². The van der Waals surface area contributed by atoms with Gasteiger partial charge >= 0.3 is 0 Å². The van der Waals surface area contributed by atoms with Crippen molar-refractivity contribution in [1.82, 2.24) is 14.9 Å². The van der Waals surface area contributed by atoms with Crippen LogP contribution in [0.25, 0.3) is 10.9 Å². The maximum absolute atomic E-state index is 12.9.